The summed E-state index contributed by atoms with van der Waals surface area (Å²) in [7, 11) is 0. The Bertz CT molecular complexity index is 957. The molecule has 0 aliphatic rings. The van der Waals surface area contributed by atoms with Crippen molar-refractivity contribution in [3.63, 3.8) is 0 Å². The van der Waals surface area contributed by atoms with Gasteiger partial charge < -0.3 is 9.30 Å². The summed E-state index contributed by atoms with van der Waals surface area (Å²) in [5.41, 5.74) is 2.92. The molecule has 1 amide bonds. The highest BCUT2D eigenvalue weighted by atomic mass is 35.5. The van der Waals surface area contributed by atoms with Crippen LogP contribution in [0.25, 0.3) is 11.0 Å². The van der Waals surface area contributed by atoms with Crippen LogP contribution in [-0.4, -0.2) is 21.2 Å². The number of nitrogens with one attached hydrogen (secondary N) is 1. The van der Waals surface area contributed by atoms with Crippen LogP contribution < -0.4 is 5.32 Å². The predicted molar refractivity (Wildman–Crippen MR) is 105 cm³/mol. The smallest absolute Gasteiger partial charge is 0.412 e. The molecule has 0 unspecified atom stereocenters. The number of aromatic nitrogens is 2. The molecule has 136 valence electrons. The molecular weight excluding hydrogens is 350 g/mol. The average molecular weight is 372 g/mol. The number of carbonyl (C=O) groups excluding carboxylic acids is 1. The Hall–Kier alpha value is -2.53. The molecular formula is C20H22ClN3O2. The molecule has 2 aromatic carbocycles. The number of rotatable bonds is 3. The first-order valence-electron chi connectivity index (χ1n) is 8.43. The van der Waals surface area contributed by atoms with Crippen LogP contribution in [-0.2, 0) is 11.3 Å². The summed E-state index contributed by atoms with van der Waals surface area (Å²) in [6.45, 7) is 8.06. The summed E-state index contributed by atoms with van der Waals surface area (Å²) < 4.78 is 7.39. The molecule has 0 fully saturated rings. The molecule has 26 heavy (non-hydrogen) atoms. The minimum Gasteiger partial charge on any atom is -0.444 e. The van der Waals surface area contributed by atoms with E-state index in [9.17, 15) is 4.79 Å². The topological polar surface area (TPSA) is 56.1 Å². The van der Waals surface area contributed by atoms with E-state index in [2.05, 4.69) is 14.9 Å². The Kier molecular flexibility index (Phi) is 4.92. The van der Waals surface area contributed by atoms with E-state index in [0.29, 0.717) is 12.2 Å². The van der Waals surface area contributed by atoms with Crippen LogP contribution >= 0.6 is 11.6 Å². The van der Waals surface area contributed by atoms with Gasteiger partial charge in [0.05, 0.1) is 17.6 Å². The van der Waals surface area contributed by atoms with Gasteiger partial charge in [-0.2, -0.15) is 0 Å². The normalized spacial score (nSPS) is 11.6. The first-order chi connectivity index (χ1) is 12.2. The van der Waals surface area contributed by atoms with E-state index < -0.39 is 11.7 Å². The number of carbonyl (C=O) groups is 1. The van der Waals surface area contributed by atoms with Crippen LogP contribution in [0, 0.1) is 6.92 Å². The highest BCUT2D eigenvalue weighted by Crippen LogP contribution is 2.24. The van der Waals surface area contributed by atoms with Crippen molar-refractivity contribution in [2.75, 3.05) is 5.32 Å². The molecule has 5 nitrogen and oxygen atoms in total. The zero-order valence-corrected chi connectivity index (χ0v) is 16.1. The van der Waals surface area contributed by atoms with E-state index in [1.807, 2.05) is 70.2 Å². The molecule has 0 aliphatic heterocycles. The standard InChI is InChI=1S/C20H22ClN3O2/c1-13-22-17-10-9-15(23-19(25)26-20(2,3)4)11-18(17)24(13)12-14-7-5-6-8-16(14)21/h5-11H,12H2,1-4H3,(H,23,25). The minimum atomic E-state index is -0.545. The van der Waals surface area contributed by atoms with E-state index in [4.69, 9.17) is 16.3 Å². The lowest BCUT2D eigenvalue weighted by Crippen LogP contribution is -2.27. The fourth-order valence-electron chi connectivity index (χ4n) is 2.74. The van der Waals surface area contributed by atoms with Gasteiger partial charge in [0.25, 0.3) is 0 Å². The van der Waals surface area contributed by atoms with Crippen molar-refractivity contribution < 1.29 is 9.53 Å². The number of nitrogens with zero attached hydrogens (tertiary/aromatic N) is 2. The van der Waals surface area contributed by atoms with Crippen molar-refractivity contribution in [1.82, 2.24) is 9.55 Å². The molecule has 0 radical (unpaired) electrons. The van der Waals surface area contributed by atoms with Gasteiger partial charge in [0.15, 0.2) is 0 Å². The lowest BCUT2D eigenvalue weighted by molar-refractivity contribution is 0.0636. The average Bonchev–Trinajstić information content (AvgIpc) is 2.83. The van der Waals surface area contributed by atoms with E-state index in [1.165, 1.54) is 0 Å². The quantitative estimate of drug-likeness (QED) is 0.671. The van der Waals surface area contributed by atoms with E-state index in [1.54, 1.807) is 0 Å². The van der Waals surface area contributed by atoms with Gasteiger partial charge in [-0.15, -0.1) is 0 Å². The minimum absolute atomic E-state index is 0.481. The van der Waals surface area contributed by atoms with Crippen molar-refractivity contribution in [3.8, 4) is 0 Å². The fourth-order valence-corrected chi connectivity index (χ4v) is 2.93. The van der Waals surface area contributed by atoms with E-state index >= 15 is 0 Å². The second-order valence-corrected chi connectivity index (χ2v) is 7.57. The second kappa shape index (κ2) is 7.00. The summed E-state index contributed by atoms with van der Waals surface area (Å²) in [5, 5.41) is 3.49. The number of imidazole rings is 1. The predicted octanol–water partition coefficient (Wildman–Crippen LogP) is 5.39. The first-order valence-corrected chi connectivity index (χ1v) is 8.81. The molecule has 3 rings (SSSR count). The summed E-state index contributed by atoms with van der Waals surface area (Å²) in [6.07, 6.45) is -0.481. The van der Waals surface area contributed by atoms with Crippen LogP contribution in [0.2, 0.25) is 5.02 Å². The molecule has 0 saturated heterocycles. The van der Waals surface area contributed by atoms with Gasteiger partial charge in [-0.1, -0.05) is 29.8 Å². The van der Waals surface area contributed by atoms with Gasteiger partial charge in [-0.05, 0) is 57.5 Å². The maximum atomic E-state index is 12.0. The highest BCUT2D eigenvalue weighted by Gasteiger charge is 2.17. The van der Waals surface area contributed by atoms with Gasteiger partial charge in [0.1, 0.15) is 11.4 Å². The Labute approximate surface area is 157 Å². The van der Waals surface area contributed by atoms with Gasteiger partial charge in [0.2, 0.25) is 0 Å². The number of halogens is 1. The lowest BCUT2D eigenvalue weighted by Gasteiger charge is -2.19. The van der Waals surface area contributed by atoms with Gasteiger partial charge in [0, 0.05) is 10.7 Å². The molecule has 3 aromatic rings. The molecule has 0 spiro atoms. The number of benzene rings is 2. The number of anilines is 1. The Balaban J connectivity index is 1.91. The molecule has 1 N–H and O–H groups in total. The third-order valence-corrected chi connectivity index (χ3v) is 4.24. The molecule has 1 aromatic heterocycles. The Morgan fingerprint density at radius 1 is 1.23 bits per heavy atom. The maximum Gasteiger partial charge on any atom is 0.412 e. The largest absolute Gasteiger partial charge is 0.444 e. The van der Waals surface area contributed by atoms with Gasteiger partial charge in [-0.3, -0.25) is 5.32 Å². The second-order valence-electron chi connectivity index (χ2n) is 7.17. The monoisotopic (exact) mass is 371 g/mol. The van der Waals surface area contributed by atoms with Crippen LogP contribution in [0.5, 0.6) is 0 Å². The maximum absolute atomic E-state index is 12.0. The number of aryl methyl sites for hydroxylation is 1. The van der Waals surface area contributed by atoms with Crippen LogP contribution in [0.1, 0.15) is 32.2 Å². The molecule has 6 heteroatoms. The molecule has 0 saturated carbocycles. The van der Waals surface area contributed by atoms with Crippen molar-refractivity contribution in [3.05, 3.63) is 58.9 Å². The lowest BCUT2D eigenvalue weighted by atomic mass is 10.2. The van der Waals surface area contributed by atoms with E-state index in [0.717, 1.165) is 27.4 Å². The zero-order valence-electron chi connectivity index (χ0n) is 15.3. The summed E-state index contributed by atoms with van der Waals surface area (Å²) >= 11 is 6.30. The summed E-state index contributed by atoms with van der Waals surface area (Å²) in [5.74, 6) is 0.884. The Morgan fingerprint density at radius 3 is 2.65 bits per heavy atom. The van der Waals surface area contributed by atoms with Crippen molar-refractivity contribution in [2.45, 2.75) is 39.8 Å². The SMILES string of the molecule is Cc1nc2ccc(NC(=O)OC(C)(C)C)cc2n1Cc1ccccc1Cl. The number of amides is 1. The van der Waals surface area contributed by atoms with Crippen molar-refractivity contribution in [1.29, 1.82) is 0 Å². The van der Waals surface area contributed by atoms with Crippen molar-refractivity contribution in [2.24, 2.45) is 0 Å². The number of ether oxygens (including phenoxy) is 1. The van der Waals surface area contributed by atoms with Crippen LogP contribution in [0.3, 0.4) is 0 Å². The number of hydrogen-bond donors (Lipinski definition) is 1. The van der Waals surface area contributed by atoms with Crippen LogP contribution in [0.15, 0.2) is 42.5 Å². The zero-order chi connectivity index (χ0) is 18.9. The van der Waals surface area contributed by atoms with E-state index in [-0.39, 0.29) is 0 Å². The number of hydrogen-bond acceptors (Lipinski definition) is 3. The molecule has 0 atom stereocenters. The van der Waals surface area contributed by atoms with Crippen molar-refractivity contribution >= 4 is 34.4 Å². The third kappa shape index (κ3) is 4.17. The Morgan fingerprint density at radius 2 is 1.96 bits per heavy atom. The van der Waals surface area contributed by atoms with Crippen LogP contribution in [0.4, 0.5) is 10.5 Å². The number of fused-ring (bicyclic) bond motifs is 1. The summed E-state index contributed by atoms with van der Waals surface area (Å²) in [6, 6.07) is 13.3. The fraction of sp³-hybridized carbons (Fsp3) is 0.300. The first kappa shape index (κ1) is 18.3. The molecule has 1 heterocycles. The summed E-state index contributed by atoms with van der Waals surface area (Å²) in [4.78, 5) is 16.6. The van der Waals surface area contributed by atoms with Gasteiger partial charge in [-0.25, -0.2) is 9.78 Å². The van der Waals surface area contributed by atoms with Gasteiger partial charge >= 0.3 is 6.09 Å². The molecule has 0 aliphatic carbocycles. The highest BCUT2D eigenvalue weighted by molar-refractivity contribution is 6.31. The molecule has 0 bridgehead atoms. The third-order valence-electron chi connectivity index (χ3n) is 3.87.